The summed E-state index contributed by atoms with van der Waals surface area (Å²) in [5.74, 6) is 1.24. The van der Waals surface area contributed by atoms with Crippen LogP contribution in [0.3, 0.4) is 0 Å². The number of halogens is 1. The van der Waals surface area contributed by atoms with Crippen molar-refractivity contribution in [1.29, 1.82) is 0 Å². The number of likely N-dealkylation sites (tertiary alicyclic amines) is 1. The van der Waals surface area contributed by atoms with Gasteiger partial charge in [0.05, 0.1) is 5.38 Å². The molecule has 0 N–H and O–H groups in total. The van der Waals surface area contributed by atoms with Crippen LogP contribution in [0.25, 0.3) is 0 Å². The Bertz CT molecular complexity index is 227. The highest BCUT2D eigenvalue weighted by molar-refractivity contribution is 6.21. The fraction of sp³-hybridized carbons (Fsp3) is 0.909. The molecule has 1 aliphatic heterocycles. The van der Waals surface area contributed by atoms with Gasteiger partial charge in [0.2, 0.25) is 5.91 Å². The van der Waals surface area contributed by atoms with Crippen LogP contribution in [0.1, 0.15) is 32.6 Å². The van der Waals surface area contributed by atoms with E-state index in [-0.39, 0.29) is 5.38 Å². The van der Waals surface area contributed by atoms with Crippen molar-refractivity contribution < 1.29 is 4.79 Å². The summed E-state index contributed by atoms with van der Waals surface area (Å²) in [6.45, 7) is 3.85. The van der Waals surface area contributed by atoms with Crippen LogP contribution in [0.2, 0.25) is 0 Å². The van der Waals surface area contributed by atoms with Crippen molar-refractivity contribution in [2.75, 3.05) is 13.1 Å². The number of carbonyl (C=O) groups excluding carboxylic acids is 1. The van der Waals surface area contributed by atoms with E-state index in [1.165, 1.54) is 6.42 Å². The van der Waals surface area contributed by atoms with E-state index in [0.717, 1.165) is 32.4 Å². The van der Waals surface area contributed by atoms with Crippen LogP contribution in [-0.2, 0) is 4.79 Å². The van der Waals surface area contributed by atoms with Crippen molar-refractivity contribution in [1.82, 2.24) is 4.90 Å². The molecule has 1 saturated carbocycles. The Balaban J connectivity index is 1.88. The Morgan fingerprint density at radius 2 is 2.07 bits per heavy atom. The molecule has 2 unspecified atom stereocenters. The SMILES string of the molecule is CC1CCN(C(=O)C2CCC2)CC1Cl. The molecule has 0 aromatic heterocycles. The van der Waals surface area contributed by atoms with Gasteiger partial charge in [-0.05, 0) is 25.2 Å². The summed E-state index contributed by atoms with van der Waals surface area (Å²) in [7, 11) is 0. The molecule has 0 spiro atoms. The maximum Gasteiger partial charge on any atom is 0.225 e. The topological polar surface area (TPSA) is 20.3 Å². The first-order valence-electron chi connectivity index (χ1n) is 5.61. The van der Waals surface area contributed by atoms with Gasteiger partial charge in [-0.1, -0.05) is 13.3 Å². The van der Waals surface area contributed by atoms with E-state index >= 15 is 0 Å². The summed E-state index contributed by atoms with van der Waals surface area (Å²) in [5, 5.41) is 0.160. The molecule has 1 heterocycles. The summed E-state index contributed by atoms with van der Waals surface area (Å²) in [4.78, 5) is 13.9. The molecule has 2 nitrogen and oxygen atoms in total. The van der Waals surface area contributed by atoms with Gasteiger partial charge in [-0.25, -0.2) is 0 Å². The molecule has 2 atom stereocenters. The van der Waals surface area contributed by atoms with Gasteiger partial charge in [0.15, 0.2) is 0 Å². The second-order valence-electron chi connectivity index (χ2n) is 4.69. The number of rotatable bonds is 1. The van der Waals surface area contributed by atoms with Crippen LogP contribution in [0.15, 0.2) is 0 Å². The fourth-order valence-corrected chi connectivity index (χ4v) is 2.43. The molecule has 80 valence electrons. The van der Waals surface area contributed by atoms with Crippen LogP contribution >= 0.6 is 11.6 Å². The lowest BCUT2D eigenvalue weighted by molar-refractivity contribution is -0.139. The lowest BCUT2D eigenvalue weighted by Crippen LogP contribution is -2.47. The van der Waals surface area contributed by atoms with Crippen LogP contribution < -0.4 is 0 Å². The minimum atomic E-state index is 0.160. The lowest BCUT2D eigenvalue weighted by atomic mass is 9.83. The Kier molecular flexibility index (Phi) is 3.01. The third-order valence-corrected chi connectivity index (χ3v) is 4.20. The van der Waals surface area contributed by atoms with E-state index < -0.39 is 0 Å². The Hall–Kier alpha value is -0.240. The van der Waals surface area contributed by atoms with E-state index in [1.807, 2.05) is 4.90 Å². The molecule has 0 aromatic carbocycles. The first kappa shape index (κ1) is 10.3. The zero-order valence-corrected chi connectivity index (χ0v) is 9.46. The molecule has 1 saturated heterocycles. The normalized spacial score (nSPS) is 34.0. The average molecular weight is 216 g/mol. The van der Waals surface area contributed by atoms with Gasteiger partial charge in [-0.2, -0.15) is 0 Å². The average Bonchev–Trinajstić information content (AvgIpc) is 2.06. The molecule has 2 rings (SSSR count). The van der Waals surface area contributed by atoms with E-state index in [1.54, 1.807) is 0 Å². The largest absolute Gasteiger partial charge is 0.341 e. The molecule has 0 radical (unpaired) electrons. The fourth-order valence-electron chi connectivity index (χ4n) is 2.14. The van der Waals surface area contributed by atoms with Crippen LogP contribution in [-0.4, -0.2) is 29.3 Å². The third kappa shape index (κ3) is 1.90. The molecule has 1 amide bonds. The van der Waals surface area contributed by atoms with Crippen LogP contribution in [0, 0.1) is 11.8 Å². The first-order chi connectivity index (χ1) is 6.68. The first-order valence-corrected chi connectivity index (χ1v) is 6.05. The summed E-state index contributed by atoms with van der Waals surface area (Å²) in [5.41, 5.74) is 0. The Morgan fingerprint density at radius 1 is 1.36 bits per heavy atom. The lowest BCUT2D eigenvalue weighted by Gasteiger charge is -2.38. The highest BCUT2D eigenvalue weighted by atomic mass is 35.5. The monoisotopic (exact) mass is 215 g/mol. The quantitative estimate of drug-likeness (QED) is 0.615. The molecule has 0 aromatic rings. The van der Waals surface area contributed by atoms with E-state index in [0.29, 0.717) is 17.7 Å². The molecule has 14 heavy (non-hydrogen) atoms. The maximum atomic E-state index is 11.9. The molecule has 2 aliphatic rings. The molecule has 1 aliphatic carbocycles. The van der Waals surface area contributed by atoms with E-state index in [4.69, 9.17) is 11.6 Å². The van der Waals surface area contributed by atoms with E-state index in [2.05, 4.69) is 6.92 Å². The Labute approximate surface area is 90.6 Å². The molecular formula is C11H18ClNO. The molecule has 0 bridgehead atoms. The zero-order chi connectivity index (χ0) is 10.1. The van der Waals surface area contributed by atoms with Gasteiger partial charge in [-0.3, -0.25) is 4.79 Å². The van der Waals surface area contributed by atoms with Crippen molar-refractivity contribution in [3.63, 3.8) is 0 Å². The predicted molar refractivity (Wildman–Crippen MR) is 57.3 cm³/mol. The smallest absolute Gasteiger partial charge is 0.225 e. The van der Waals surface area contributed by atoms with Gasteiger partial charge in [0.25, 0.3) is 0 Å². The standard InChI is InChI=1S/C11H18ClNO/c1-8-5-6-13(7-10(8)12)11(14)9-3-2-4-9/h8-10H,2-7H2,1H3. The number of hydrogen-bond acceptors (Lipinski definition) is 1. The number of nitrogens with zero attached hydrogens (tertiary/aromatic N) is 1. The molecule has 2 fully saturated rings. The summed E-state index contributed by atoms with van der Waals surface area (Å²) in [6.07, 6.45) is 4.48. The molecule has 3 heteroatoms. The van der Waals surface area contributed by atoms with Gasteiger partial charge in [-0.15, -0.1) is 11.6 Å². The third-order valence-electron chi connectivity index (χ3n) is 3.63. The minimum Gasteiger partial charge on any atom is -0.341 e. The zero-order valence-electron chi connectivity index (χ0n) is 8.71. The highest BCUT2D eigenvalue weighted by Gasteiger charge is 2.33. The predicted octanol–water partition coefficient (Wildman–Crippen LogP) is 2.26. The van der Waals surface area contributed by atoms with Gasteiger partial charge >= 0.3 is 0 Å². The van der Waals surface area contributed by atoms with Gasteiger partial charge in [0, 0.05) is 19.0 Å². The summed E-state index contributed by atoms with van der Waals surface area (Å²) in [6, 6.07) is 0. The number of amides is 1. The molecular weight excluding hydrogens is 198 g/mol. The van der Waals surface area contributed by atoms with Gasteiger partial charge in [0.1, 0.15) is 0 Å². The van der Waals surface area contributed by atoms with Crippen molar-refractivity contribution in [2.24, 2.45) is 11.8 Å². The summed E-state index contributed by atoms with van der Waals surface area (Å²) < 4.78 is 0. The van der Waals surface area contributed by atoms with Crippen molar-refractivity contribution in [2.45, 2.75) is 38.0 Å². The Morgan fingerprint density at radius 3 is 2.57 bits per heavy atom. The number of hydrogen-bond donors (Lipinski definition) is 0. The number of alkyl halides is 1. The van der Waals surface area contributed by atoms with E-state index in [9.17, 15) is 4.79 Å². The van der Waals surface area contributed by atoms with Crippen LogP contribution in [0.5, 0.6) is 0 Å². The number of carbonyl (C=O) groups is 1. The maximum absolute atomic E-state index is 11.9. The van der Waals surface area contributed by atoms with Crippen LogP contribution in [0.4, 0.5) is 0 Å². The van der Waals surface area contributed by atoms with Crippen molar-refractivity contribution in [3.8, 4) is 0 Å². The van der Waals surface area contributed by atoms with Crippen molar-refractivity contribution >= 4 is 17.5 Å². The minimum absolute atomic E-state index is 0.160. The second-order valence-corrected chi connectivity index (χ2v) is 5.25. The number of piperidine rings is 1. The summed E-state index contributed by atoms with van der Waals surface area (Å²) >= 11 is 6.18. The van der Waals surface area contributed by atoms with Gasteiger partial charge < -0.3 is 4.90 Å². The second kappa shape index (κ2) is 4.09. The highest BCUT2D eigenvalue weighted by Crippen LogP contribution is 2.30. The van der Waals surface area contributed by atoms with Crippen molar-refractivity contribution in [3.05, 3.63) is 0 Å².